The molecular formula is C19H13F3N2O2. The van der Waals surface area contributed by atoms with E-state index >= 15 is 0 Å². The Labute approximate surface area is 146 Å². The number of hydrogen-bond donors (Lipinski definition) is 1. The number of benzene rings is 2. The summed E-state index contributed by atoms with van der Waals surface area (Å²) in [6, 6.07) is 11.6. The van der Waals surface area contributed by atoms with Gasteiger partial charge in [-0.1, -0.05) is 6.07 Å². The average molecular weight is 358 g/mol. The second-order valence-electron chi connectivity index (χ2n) is 5.83. The Hall–Kier alpha value is -3.22. The van der Waals surface area contributed by atoms with E-state index in [0.717, 1.165) is 17.7 Å². The van der Waals surface area contributed by atoms with Gasteiger partial charge in [0, 0.05) is 17.1 Å². The molecule has 0 unspecified atom stereocenters. The lowest BCUT2D eigenvalue weighted by Crippen LogP contribution is -2.07. The van der Waals surface area contributed by atoms with Crippen molar-refractivity contribution in [3.63, 3.8) is 0 Å². The van der Waals surface area contributed by atoms with Crippen LogP contribution in [0, 0.1) is 0 Å². The fourth-order valence-electron chi connectivity index (χ4n) is 3.02. The van der Waals surface area contributed by atoms with Crippen LogP contribution in [0.1, 0.15) is 5.56 Å². The summed E-state index contributed by atoms with van der Waals surface area (Å²) in [5, 5.41) is 15.9. The molecule has 0 fully saturated rings. The Balaban J connectivity index is 1.94. The van der Waals surface area contributed by atoms with E-state index in [1.807, 2.05) is 6.07 Å². The second-order valence-corrected chi connectivity index (χ2v) is 5.83. The highest BCUT2D eigenvalue weighted by Gasteiger charge is 2.30. The van der Waals surface area contributed by atoms with Gasteiger partial charge in [-0.15, -0.1) is 0 Å². The van der Waals surface area contributed by atoms with E-state index in [4.69, 9.17) is 4.74 Å². The summed E-state index contributed by atoms with van der Waals surface area (Å²) >= 11 is 0. The van der Waals surface area contributed by atoms with Crippen molar-refractivity contribution >= 4 is 10.8 Å². The number of ether oxygens (including phenoxy) is 1. The third-order valence-electron chi connectivity index (χ3n) is 4.25. The third-order valence-corrected chi connectivity index (χ3v) is 4.25. The summed E-state index contributed by atoms with van der Waals surface area (Å²) in [6.45, 7) is 0. The molecule has 0 aromatic heterocycles. The van der Waals surface area contributed by atoms with E-state index < -0.39 is 11.7 Å². The lowest BCUT2D eigenvalue weighted by molar-refractivity contribution is -0.137. The highest BCUT2D eigenvalue weighted by atomic mass is 19.4. The van der Waals surface area contributed by atoms with E-state index in [-0.39, 0.29) is 11.4 Å². The van der Waals surface area contributed by atoms with Gasteiger partial charge in [0.25, 0.3) is 0 Å². The van der Waals surface area contributed by atoms with Crippen LogP contribution < -0.4 is 4.74 Å². The molecule has 2 aromatic carbocycles. The molecule has 1 aliphatic heterocycles. The minimum Gasteiger partial charge on any atom is -0.507 e. The van der Waals surface area contributed by atoms with Crippen LogP contribution in [-0.2, 0) is 6.18 Å². The predicted molar refractivity (Wildman–Crippen MR) is 90.9 cm³/mol. The van der Waals surface area contributed by atoms with E-state index in [0.29, 0.717) is 22.2 Å². The van der Waals surface area contributed by atoms with Crippen molar-refractivity contribution in [2.45, 2.75) is 6.18 Å². The number of fused-ring (bicyclic) bond motifs is 3. The third kappa shape index (κ3) is 2.52. The van der Waals surface area contributed by atoms with Crippen LogP contribution in [-0.4, -0.2) is 22.0 Å². The second kappa shape index (κ2) is 5.66. The van der Waals surface area contributed by atoms with Gasteiger partial charge in [0.1, 0.15) is 17.2 Å². The fourth-order valence-corrected chi connectivity index (χ4v) is 3.02. The highest BCUT2D eigenvalue weighted by Crippen LogP contribution is 2.42. The molecule has 0 saturated carbocycles. The molecule has 7 heteroatoms. The number of rotatable bonds is 2. The molecular weight excluding hydrogens is 345 g/mol. The van der Waals surface area contributed by atoms with Crippen molar-refractivity contribution in [2.75, 3.05) is 7.11 Å². The van der Waals surface area contributed by atoms with Crippen LogP contribution in [0.4, 0.5) is 13.2 Å². The molecule has 4 rings (SSSR count). The van der Waals surface area contributed by atoms with Crippen molar-refractivity contribution in [3.8, 4) is 28.4 Å². The lowest BCUT2D eigenvalue weighted by Gasteiger charge is -2.12. The Kier molecular flexibility index (Phi) is 3.54. The summed E-state index contributed by atoms with van der Waals surface area (Å²) < 4.78 is 45.5. The molecule has 0 atom stereocenters. The number of phenolic OH excluding ortho intramolecular Hbond substituents is 1. The van der Waals surface area contributed by atoms with Gasteiger partial charge in [0.2, 0.25) is 0 Å². The number of methoxy groups -OCH3 is 1. The summed E-state index contributed by atoms with van der Waals surface area (Å²) in [4.78, 5) is 0. The van der Waals surface area contributed by atoms with Crippen molar-refractivity contribution < 1.29 is 23.0 Å². The molecule has 26 heavy (non-hydrogen) atoms. The van der Waals surface area contributed by atoms with Crippen molar-refractivity contribution in [2.24, 2.45) is 0 Å². The van der Waals surface area contributed by atoms with Crippen molar-refractivity contribution in [1.82, 2.24) is 9.78 Å². The molecule has 4 nitrogen and oxygen atoms in total. The van der Waals surface area contributed by atoms with Crippen LogP contribution in [0.15, 0.2) is 54.7 Å². The molecule has 0 bridgehead atoms. The summed E-state index contributed by atoms with van der Waals surface area (Å²) in [5.41, 5.74) is 0.763. The first-order valence-corrected chi connectivity index (χ1v) is 7.74. The zero-order valence-corrected chi connectivity index (χ0v) is 13.6. The highest BCUT2D eigenvalue weighted by molar-refractivity contribution is 6.07. The van der Waals surface area contributed by atoms with E-state index in [1.165, 1.54) is 23.9 Å². The number of halogens is 3. The molecule has 1 heterocycles. The normalized spacial score (nSPS) is 12.0. The summed E-state index contributed by atoms with van der Waals surface area (Å²) in [6.07, 6.45) is -2.85. The molecule has 1 N–H and O–H groups in total. The fraction of sp³-hybridized carbons (Fsp3) is 0.105. The summed E-state index contributed by atoms with van der Waals surface area (Å²) in [7, 11) is 1.53. The Morgan fingerprint density at radius 2 is 1.88 bits per heavy atom. The van der Waals surface area contributed by atoms with Gasteiger partial charge >= 0.3 is 6.18 Å². The Morgan fingerprint density at radius 3 is 2.62 bits per heavy atom. The molecule has 132 valence electrons. The minimum atomic E-state index is -4.43. The minimum absolute atomic E-state index is 0.0325. The topological polar surface area (TPSA) is 47.3 Å². The monoisotopic (exact) mass is 358 g/mol. The van der Waals surface area contributed by atoms with Gasteiger partial charge in [0.15, 0.2) is 0 Å². The van der Waals surface area contributed by atoms with Gasteiger partial charge in [-0.25, -0.2) is 4.68 Å². The molecule has 0 saturated heterocycles. The number of alkyl halides is 3. The number of nitrogens with zero attached hydrogens (tertiary/aromatic N) is 2. The number of hydrogen-bond acceptors (Lipinski definition) is 3. The van der Waals surface area contributed by atoms with Gasteiger partial charge in [-0.2, -0.15) is 18.3 Å². The zero-order chi connectivity index (χ0) is 18.5. The van der Waals surface area contributed by atoms with E-state index in [9.17, 15) is 18.3 Å². The van der Waals surface area contributed by atoms with Crippen molar-refractivity contribution in [3.05, 3.63) is 60.3 Å². The van der Waals surface area contributed by atoms with E-state index in [1.54, 1.807) is 24.4 Å². The molecule has 0 amide bonds. The maximum atomic E-state index is 13.0. The number of phenols is 1. The molecule has 0 spiro atoms. The van der Waals surface area contributed by atoms with Crippen LogP contribution in [0.25, 0.3) is 27.7 Å². The van der Waals surface area contributed by atoms with Crippen LogP contribution in [0.5, 0.6) is 11.5 Å². The summed E-state index contributed by atoms with van der Waals surface area (Å²) in [5.74, 6) is 0.617. The lowest BCUT2D eigenvalue weighted by atomic mass is 10.1. The maximum absolute atomic E-state index is 13.0. The zero-order valence-electron chi connectivity index (χ0n) is 13.6. The molecule has 2 aromatic rings. The van der Waals surface area contributed by atoms with E-state index in [2.05, 4.69) is 5.10 Å². The first-order chi connectivity index (χ1) is 12.4. The van der Waals surface area contributed by atoms with Gasteiger partial charge < -0.3 is 9.84 Å². The van der Waals surface area contributed by atoms with Gasteiger partial charge in [-0.05, 0) is 42.5 Å². The standard InChI is InChI=1S/C19H13F3N2O2/c1-26-16-6-5-15(25)17-14(16)9-11-7-8-24(23-18(11)17)13-4-2-3-12(10-13)19(20,21)22/h2-10,25H,1H3. The number of aromatic hydroxyl groups is 1. The SMILES string of the molecule is COc1ccc(O)c2c3nn(-c4cccc(C(F)(F)F)c4)ccc-3cc12. The molecule has 0 radical (unpaired) electrons. The Morgan fingerprint density at radius 1 is 1.08 bits per heavy atom. The van der Waals surface area contributed by atoms with Crippen LogP contribution in [0.2, 0.25) is 0 Å². The smallest absolute Gasteiger partial charge is 0.416 e. The first kappa shape index (κ1) is 16.3. The first-order valence-electron chi connectivity index (χ1n) is 7.74. The quantitative estimate of drug-likeness (QED) is 0.556. The number of aromatic nitrogens is 2. The van der Waals surface area contributed by atoms with Crippen molar-refractivity contribution in [1.29, 1.82) is 0 Å². The predicted octanol–water partition coefficient (Wildman–Crippen LogP) is 4.86. The average Bonchev–Trinajstić information content (AvgIpc) is 3.01. The van der Waals surface area contributed by atoms with Crippen LogP contribution in [0.3, 0.4) is 0 Å². The van der Waals surface area contributed by atoms with Gasteiger partial charge in [-0.3, -0.25) is 0 Å². The molecule has 2 aliphatic rings. The maximum Gasteiger partial charge on any atom is 0.416 e. The Bertz CT molecular complexity index is 1090. The van der Waals surface area contributed by atoms with Gasteiger partial charge in [0.05, 0.1) is 23.7 Å². The molecule has 1 aliphatic carbocycles. The van der Waals surface area contributed by atoms with Crippen LogP contribution >= 0.6 is 0 Å². The largest absolute Gasteiger partial charge is 0.507 e.